The summed E-state index contributed by atoms with van der Waals surface area (Å²) in [4.78, 5) is 14.3. The Morgan fingerprint density at radius 2 is 1.95 bits per heavy atom. The Labute approximate surface area is 121 Å². The molecular formula is C14H27N3OS. The summed E-state index contributed by atoms with van der Waals surface area (Å²) < 4.78 is 0.303. The van der Waals surface area contributed by atoms with Gasteiger partial charge in [0.15, 0.2) is 0 Å². The average molecular weight is 285 g/mol. The molecule has 1 saturated heterocycles. The van der Waals surface area contributed by atoms with Crippen molar-refractivity contribution in [3.05, 3.63) is 0 Å². The SMILES string of the molecule is CSC1(CNC(=O)CN2CCNCC2)CCCCC1. The van der Waals surface area contributed by atoms with Crippen LogP contribution in [0.2, 0.25) is 0 Å². The second-order valence-corrected chi connectivity index (χ2v) is 7.02. The van der Waals surface area contributed by atoms with Gasteiger partial charge in [-0.3, -0.25) is 9.69 Å². The van der Waals surface area contributed by atoms with Crippen molar-refractivity contribution in [1.82, 2.24) is 15.5 Å². The molecule has 5 heteroatoms. The third kappa shape index (κ3) is 4.65. The van der Waals surface area contributed by atoms with Crippen LogP contribution in [-0.2, 0) is 4.79 Å². The second kappa shape index (κ2) is 7.50. The van der Waals surface area contributed by atoms with Gasteiger partial charge in [-0.15, -0.1) is 0 Å². The van der Waals surface area contributed by atoms with Crippen LogP contribution < -0.4 is 10.6 Å². The molecule has 0 atom stereocenters. The molecule has 1 heterocycles. The Hall–Kier alpha value is -0.260. The predicted molar refractivity (Wildman–Crippen MR) is 81.7 cm³/mol. The molecule has 4 nitrogen and oxygen atoms in total. The van der Waals surface area contributed by atoms with Crippen molar-refractivity contribution in [2.75, 3.05) is 45.5 Å². The van der Waals surface area contributed by atoms with E-state index in [1.54, 1.807) is 0 Å². The highest BCUT2D eigenvalue weighted by Gasteiger charge is 2.31. The average Bonchev–Trinajstić information content (AvgIpc) is 2.47. The number of piperazine rings is 1. The van der Waals surface area contributed by atoms with E-state index < -0.39 is 0 Å². The smallest absolute Gasteiger partial charge is 0.234 e. The van der Waals surface area contributed by atoms with Gasteiger partial charge in [-0.05, 0) is 19.1 Å². The molecule has 0 radical (unpaired) electrons. The predicted octanol–water partition coefficient (Wildman–Crippen LogP) is 1.07. The van der Waals surface area contributed by atoms with E-state index in [2.05, 4.69) is 21.8 Å². The number of amides is 1. The second-order valence-electron chi connectivity index (χ2n) is 5.75. The van der Waals surface area contributed by atoms with E-state index in [4.69, 9.17) is 0 Å². The van der Waals surface area contributed by atoms with E-state index in [9.17, 15) is 4.79 Å². The van der Waals surface area contributed by atoms with E-state index >= 15 is 0 Å². The molecule has 110 valence electrons. The molecule has 2 N–H and O–H groups in total. The number of thioether (sulfide) groups is 1. The van der Waals surface area contributed by atoms with E-state index in [1.165, 1.54) is 32.1 Å². The van der Waals surface area contributed by atoms with Crippen LogP contribution >= 0.6 is 11.8 Å². The minimum absolute atomic E-state index is 0.195. The molecule has 1 aliphatic carbocycles. The zero-order chi connectivity index (χ0) is 13.6. The number of hydrogen-bond donors (Lipinski definition) is 2. The van der Waals surface area contributed by atoms with Crippen molar-refractivity contribution in [1.29, 1.82) is 0 Å². The van der Waals surface area contributed by atoms with Crippen molar-refractivity contribution in [2.45, 2.75) is 36.9 Å². The van der Waals surface area contributed by atoms with Gasteiger partial charge in [0.25, 0.3) is 0 Å². The lowest BCUT2D eigenvalue weighted by Crippen LogP contribution is -2.49. The number of rotatable bonds is 5. The molecule has 0 spiro atoms. The molecule has 0 bridgehead atoms. The molecule has 19 heavy (non-hydrogen) atoms. The molecule has 0 unspecified atom stereocenters. The quantitative estimate of drug-likeness (QED) is 0.793. The van der Waals surface area contributed by atoms with Gasteiger partial charge in [-0.2, -0.15) is 11.8 Å². The first-order chi connectivity index (χ1) is 9.24. The number of nitrogens with one attached hydrogen (secondary N) is 2. The standard InChI is InChI=1S/C14H27N3OS/c1-19-14(5-3-2-4-6-14)12-16-13(18)11-17-9-7-15-8-10-17/h15H,2-12H2,1H3,(H,16,18). The van der Waals surface area contributed by atoms with Gasteiger partial charge in [-0.1, -0.05) is 19.3 Å². The van der Waals surface area contributed by atoms with Gasteiger partial charge in [0.05, 0.1) is 6.54 Å². The largest absolute Gasteiger partial charge is 0.354 e. The van der Waals surface area contributed by atoms with Gasteiger partial charge in [0.2, 0.25) is 5.91 Å². The maximum absolute atomic E-state index is 12.0. The normalized spacial score (nSPS) is 24.1. The zero-order valence-corrected chi connectivity index (χ0v) is 12.9. The van der Waals surface area contributed by atoms with Crippen molar-refractivity contribution < 1.29 is 4.79 Å². The lowest BCUT2D eigenvalue weighted by Gasteiger charge is -2.36. The molecule has 2 fully saturated rings. The Kier molecular flexibility index (Phi) is 5.98. The molecule has 1 aliphatic heterocycles. The van der Waals surface area contributed by atoms with Gasteiger partial charge in [0.1, 0.15) is 0 Å². The maximum Gasteiger partial charge on any atom is 0.234 e. The van der Waals surface area contributed by atoms with Crippen LogP contribution in [-0.4, -0.2) is 61.1 Å². The van der Waals surface area contributed by atoms with Crippen molar-refractivity contribution in [2.24, 2.45) is 0 Å². The van der Waals surface area contributed by atoms with Crippen LogP contribution in [0, 0.1) is 0 Å². The van der Waals surface area contributed by atoms with Gasteiger partial charge < -0.3 is 10.6 Å². The Morgan fingerprint density at radius 3 is 2.58 bits per heavy atom. The summed E-state index contributed by atoms with van der Waals surface area (Å²) >= 11 is 1.94. The van der Waals surface area contributed by atoms with Gasteiger partial charge in [0, 0.05) is 37.5 Å². The molecule has 2 rings (SSSR count). The summed E-state index contributed by atoms with van der Waals surface area (Å²) in [7, 11) is 0. The molecule has 0 aromatic carbocycles. The monoisotopic (exact) mass is 285 g/mol. The highest BCUT2D eigenvalue weighted by atomic mass is 32.2. The number of carbonyl (C=O) groups is 1. The van der Waals surface area contributed by atoms with Crippen LogP contribution in [0.25, 0.3) is 0 Å². The molecule has 1 amide bonds. The molecule has 1 saturated carbocycles. The van der Waals surface area contributed by atoms with Gasteiger partial charge in [-0.25, -0.2) is 0 Å². The van der Waals surface area contributed by atoms with E-state index in [0.717, 1.165) is 32.7 Å². The van der Waals surface area contributed by atoms with Crippen molar-refractivity contribution in [3.8, 4) is 0 Å². The summed E-state index contributed by atoms with van der Waals surface area (Å²) in [5.74, 6) is 0.195. The van der Waals surface area contributed by atoms with Gasteiger partial charge >= 0.3 is 0 Å². The van der Waals surface area contributed by atoms with E-state index in [0.29, 0.717) is 11.3 Å². The van der Waals surface area contributed by atoms with Crippen LogP contribution in [0.3, 0.4) is 0 Å². The molecule has 0 aromatic rings. The van der Waals surface area contributed by atoms with Crippen LogP contribution in [0.5, 0.6) is 0 Å². The fourth-order valence-corrected chi connectivity index (χ4v) is 3.95. The van der Waals surface area contributed by atoms with Crippen molar-refractivity contribution in [3.63, 3.8) is 0 Å². The summed E-state index contributed by atoms with van der Waals surface area (Å²) in [6, 6.07) is 0. The highest BCUT2D eigenvalue weighted by molar-refractivity contribution is 8.00. The zero-order valence-electron chi connectivity index (χ0n) is 12.0. The molecule has 0 aromatic heterocycles. The fraction of sp³-hybridized carbons (Fsp3) is 0.929. The summed E-state index contributed by atoms with van der Waals surface area (Å²) in [5, 5.41) is 6.48. The third-order valence-corrected chi connectivity index (χ3v) is 5.80. The molecular weight excluding hydrogens is 258 g/mol. The Morgan fingerprint density at radius 1 is 1.26 bits per heavy atom. The van der Waals surface area contributed by atoms with E-state index in [1.807, 2.05) is 11.8 Å². The first-order valence-corrected chi connectivity index (χ1v) is 8.71. The third-order valence-electron chi connectivity index (χ3n) is 4.38. The van der Waals surface area contributed by atoms with Crippen LogP contribution in [0.1, 0.15) is 32.1 Å². The highest BCUT2D eigenvalue weighted by Crippen LogP contribution is 2.37. The van der Waals surface area contributed by atoms with Crippen LogP contribution in [0.15, 0.2) is 0 Å². The topological polar surface area (TPSA) is 44.4 Å². The lowest BCUT2D eigenvalue weighted by molar-refractivity contribution is -0.122. The summed E-state index contributed by atoms with van der Waals surface area (Å²) in [6.07, 6.45) is 8.68. The number of carbonyl (C=O) groups excluding carboxylic acids is 1. The Bertz CT molecular complexity index is 286. The van der Waals surface area contributed by atoms with Crippen molar-refractivity contribution >= 4 is 17.7 Å². The summed E-state index contributed by atoms with van der Waals surface area (Å²) in [6.45, 7) is 5.39. The first kappa shape index (κ1) is 15.1. The number of hydrogen-bond acceptors (Lipinski definition) is 4. The van der Waals surface area contributed by atoms with E-state index in [-0.39, 0.29) is 5.91 Å². The first-order valence-electron chi connectivity index (χ1n) is 7.49. The minimum atomic E-state index is 0.195. The maximum atomic E-state index is 12.0. The lowest BCUT2D eigenvalue weighted by atomic mass is 9.88. The van der Waals surface area contributed by atoms with Crippen LogP contribution in [0.4, 0.5) is 0 Å². The summed E-state index contributed by atoms with van der Waals surface area (Å²) in [5.41, 5.74) is 0. The number of nitrogens with zero attached hydrogens (tertiary/aromatic N) is 1. The fourth-order valence-electron chi connectivity index (χ4n) is 3.04. The Balaban J connectivity index is 1.72. The minimum Gasteiger partial charge on any atom is -0.354 e. The molecule has 2 aliphatic rings.